The molecule has 1 amide bonds. The molecule has 6 nitrogen and oxygen atoms in total. The molecule has 1 saturated heterocycles. The predicted molar refractivity (Wildman–Crippen MR) is 112 cm³/mol. The van der Waals surface area contributed by atoms with E-state index in [0.717, 1.165) is 17.0 Å². The molecule has 0 unspecified atom stereocenters. The number of rotatable bonds is 6. The second-order valence-corrected chi connectivity index (χ2v) is 8.91. The molecule has 2 aromatic carbocycles. The van der Waals surface area contributed by atoms with Crippen LogP contribution in [0.3, 0.4) is 0 Å². The number of benzene rings is 2. The van der Waals surface area contributed by atoms with Crippen molar-refractivity contribution in [3.8, 4) is 0 Å². The van der Waals surface area contributed by atoms with E-state index in [1.807, 2.05) is 6.07 Å². The summed E-state index contributed by atoms with van der Waals surface area (Å²) in [6.07, 6.45) is -2.50. The fraction of sp³-hybridized carbons (Fsp3) is 0.286. The number of nitrogens with zero attached hydrogens (tertiary/aromatic N) is 1. The average molecular weight is 453 g/mol. The van der Waals surface area contributed by atoms with Crippen LogP contribution < -0.4 is 10.9 Å². The molecule has 2 N–H and O–H groups in total. The van der Waals surface area contributed by atoms with Crippen molar-refractivity contribution in [3.05, 3.63) is 71.1 Å². The number of alkyl halides is 3. The van der Waals surface area contributed by atoms with Gasteiger partial charge in [-0.3, -0.25) is 15.6 Å². The maximum absolute atomic E-state index is 13.0. The van der Waals surface area contributed by atoms with Crippen molar-refractivity contribution < 1.29 is 26.4 Å². The Morgan fingerprint density at radius 1 is 1.00 bits per heavy atom. The number of halogens is 3. The van der Waals surface area contributed by atoms with Gasteiger partial charge in [0.25, 0.3) is 0 Å². The van der Waals surface area contributed by atoms with Gasteiger partial charge in [-0.15, -0.1) is 0 Å². The van der Waals surface area contributed by atoms with Gasteiger partial charge in [0.1, 0.15) is 0 Å². The lowest BCUT2D eigenvalue weighted by atomic mass is 9.97. The zero-order valence-electron chi connectivity index (χ0n) is 16.5. The summed E-state index contributed by atoms with van der Waals surface area (Å²) in [5.41, 5.74) is 4.26. The highest BCUT2D eigenvalue weighted by atomic mass is 32.2. The van der Waals surface area contributed by atoms with Gasteiger partial charge in [-0.2, -0.15) is 17.5 Å². The summed E-state index contributed by atoms with van der Waals surface area (Å²) in [7, 11) is -3.63. The molecule has 0 aromatic heterocycles. The second-order valence-electron chi connectivity index (χ2n) is 7.09. The number of hydrogen-bond donors (Lipinski definition) is 2. The summed E-state index contributed by atoms with van der Waals surface area (Å²) < 4.78 is 65.4. The number of piperidine rings is 1. The third-order valence-electron chi connectivity index (χ3n) is 4.97. The first-order valence-corrected chi connectivity index (χ1v) is 11.1. The van der Waals surface area contributed by atoms with Crippen molar-refractivity contribution in [3.63, 3.8) is 0 Å². The molecule has 2 aromatic rings. The van der Waals surface area contributed by atoms with Crippen molar-refractivity contribution in [2.45, 2.75) is 19.0 Å². The minimum absolute atomic E-state index is 0.151. The Morgan fingerprint density at radius 2 is 1.61 bits per heavy atom. The highest BCUT2D eigenvalue weighted by Crippen LogP contribution is 2.34. The van der Waals surface area contributed by atoms with Crippen LogP contribution in [0.1, 0.15) is 24.0 Å². The number of carbonyl (C=O) groups excluding carboxylic acids is 1. The fourth-order valence-corrected chi connectivity index (χ4v) is 4.48. The monoisotopic (exact) mass is 453 g/mol. The second kappa shape index (κ2) is 9.52. The van der Waals surface area contributed by atoms with Gasteiger partial charge in [0.2, 0.25) is 15.9 Å². The first-order valence-electron chi connectivity index (χ1n) is 9.62. The maximum atomic E-state index is 13.0. The van der Waals surface area contributed by atoms with E-state index in [1.165, 1.54) is 28.6 Å². The minimum Gasteiger partial charge on any atom is -0.298 e. The summed E-state index contributed by atoms with van der Waals surface area (Å²) in [4.78, 5) is 12.4. The number of anilines is 1. The predicted octanol–water partition coefficient (Wildman–Crippen LogP) is 3.86. The number of hydrazine groups is 1. The van der Waals surface area contributed by atoms with Crippen molar-refractivity contribution >= 4 is 27.7 Å². The van der Waals surface area contributed by atoms with E-state index in [-0.39, 0.29) is 31.6 Å². The zero-order chi connectivity index (χ0) is 22.5. The fourth-order valence-electron chi connectivity index (χ4n) is 3.26. The quantitative estimate of drug-likeness (QED) is 0.651. The molecule has 0 saturated carbocycles. The van der Waals surface area contributed by atoms with Gasteiger partial charge in [-0.1, -0.05) is 42.5 Å². The molecular formula is C21H22F3N3O3S. The lowest BCUT2D eigenvalue weighted by molar-refractivity contribution is -0.137. The van der Waals surface area contributed by atoms with Crippen LogP contribution >= 0.6 is 0 Å². The van der Waals surface area contributed by atoms with Crippen LogP contribution in [0, 0.1) is 5.92 Å². The molecule has 0 atom stereocenters. The van der Waals surface area contributed by atoms with Crippen LogP contribution in [0.2, 0.25) is 0 Å². The van der Waals surface area contributed by atoms with Crippen molar-refractivity contribution in [1.29, 1.82) is 0 Å². The smallest absolute Gasteiger partial charge is 0.298 e. The Labute approximate surface area is 178 Å². The van der Waals surface area contributed by atoms with Gasteiger partial charge in [-0.25, -0.2) is 8.42 Å². The topological polar surface area (TPSA) is 78.5 Å². The normalized spacial score (nSPS) is 16.4. The number of para-hydroxylation sites is 1. The van der Waals surface area contributed by atoms with Gasteiger partial charge in [0.05, 0.1) is 11.3 Å². The van der Waals surface area contributed by atoms with E-state index in [1.54, 1.807) is 24.3 Å². The third kappa shape index (κ3) is 6.08. The molecule has 1 fully saturated rings. The van der Waals surface area contributed by atoms with E-state index in [9.17, 15) is 26.4 Å². The molecule has 1 aliphatic rings. The maximum Gasteiger partial charge on any atom is 0.418 e. The molecule has 10 heteroatoms. The van der Waals surface area contributed by atoms with Gasteiger partial charge in [0.15, 0.2) is 0 Å². The largest absolute Gasteiger partial charge is 0.418 e. The average Bonchev–Trinajstić information content (AvgIpc) is 2.76. The Morgan fingerprint density at radius 3 is 2.26 bits per heavy atom. The Kier molecular flexibility index (Phi) is 7.01. The van der Waals surface area contributed by atoms with Gasteiger partial charge in [0, 0.05) is 24.4 Å². The van der Waals surface area contributed by atoms with Gasteiger partial charge < -0.3 is 0 Å². The third-order valence-corrected chi connectivity index (χ3v) is 6.53. The summed E-state index contributed by atoms with van der Waals surface area (Å²) >= 11 is 0. The van der Waals surface area contributed by atoms with E-state index in [2.05, 4.69) is 10.9 Å². The van der Waals surface area contributed by atoms with Crippen molar-refractivity contribution in [1.82, 2.24) is 9.73 Å². The highest BCUT2D eigenvalue weighted by Gasteiger charge is 2.34. The first-order chi connectivity index (χ1) is 14.7. The zero-order valence-corrected chi connectivity index (χ0v) is 17.3. The summed E-state index contributed by atoms with van der Waals surface area (Å²) in [6, 6.07) is 13.8. The molecule has 0 radical (unpaired) electrons. The molecule has 31 heavy (non-hydrogen) atoms. The molecule has 1 heterocycles. The van der Waals surface area contributed by atoms with Crippen LogP contribution in [-0.2, 0) is 21.0 Å². The summed E-state index contributed by atoms with van der Waals surface area (Å²) in [5, 5.41) is 1.14. The molecular weight excluding hydrogens is 431 g/mol. The van der Waals surface area contributed by atoms with E-state index in [0.29, 0.717) is 0 Å². The molecule has 1 aliphatic heterocycles. The highest BCUT2D eigenvalue weighted by molar-refractivity contribution is 7.92. The number of sulfonamides is 1. The van der Waals surface area contributed by atoms with Crippen LogP contribution in [0.5, 0.6) is 0 Å². The molecule has 3 rings (SSSR count). The molecule has 0 bridgehead atoms. The Balaban J connectivity index is 1.54. The number of hydrogen-bond acceptors (Lipinski definition) is 4. The Hall–Kier alpha value is -2.85. The first kappa shape index (κ1) is 22.8. The molecule has 166 valence electrons. The van der Waals surface area contributed by atoms with Gasteiger partial charge in [-0.05, 0) is 36.6 Å². The van der Waals surface area contributed by atoms with Crippen LogP contribution in [0.25, 0.3) is 6.08 Å². The van der Waals surface area contributed by atoms with Crippen molar-refractivity contribution in [2.24, 2.45) is 5.92 Å². The number of nitrogens with one attached hydrogen (secondary N) is 2. The van der Waals surface area contributed by atoms with Crippen LogP contribution in [-0.4, -0.2) is 31.7 Å². The summed E-state index contributed by atoms with van der Waals surface area (Å²) in [5.74, 6) is -0.982. The Bertz CT molecular complexity index is 1030. The van der Waals surface area contributed by atoms with E-state index in [4.69, 9.17) is 0 Å². The molecule has 0 spiro atoms. The van der Waals surface area contributed by atoms with Crippen LogP contribution in [0.15, 0.2) is 60.0 Å². The SMILES string of the molecule is O=C(NNc1ccccc1C(F)(F)F)C1CCN(S(=O)(=O)/C=C/c2ccccc2)CC1. The van der Waals surface area contributed by atoms with Crippen LogP contribution in [0.4, 0.5) is 18.9 Å². The molecule has 0 aliphatic carbocycles. The minimum atomic E-state index is -4.55. The summed E-state index contributed by atoms with van der Waals surface area (Å²) in [6.45, 7) is 0.303. The standard InChI is InChI=1S/C21H22F3N3O3S/c22-21(23,24)18-8-4-5-9-19(18)25-26-20(28)17-10-13-27(14-11-17)31(29,30)15-12-16-6-2-1-3-7-16/h1-9,12,15,17,25H,10-11,13-14H2,(H,26,28)/b15-12+. The van der Waals surface area contributed by atoms with Gasteiger partial charge >= 0.3 is 6.18 Å². The lowest BCUT2D eigenvalue weighted by Gasteiger charge is -2.29. The van der Waals surface area contributed by atoms with E-state index < -0.39 is 33.6 Å². The number of amides is 1. The van der Waals surface area contributed by atoms with E-state index >= 15 is 0 Å². The van der Waals surface area contributed by atoms with Crippen molar-refractivity contribution in [2.75, 3.05) is 18.5 Å². The number of carbonyl (C=O) groups is 1. The lowest BCUT2D eigenvalue weighted by Crippen LogP contribution is -2.43.